The van der Waals surface area contributed by atoms with Gasteiger partial charge in [0.1, 0.15) is 0 Å². The number of anilines is 1. The Kier molecular flexibility index (Phi) is 5.92. The van der Waals surface area contributed by atoms with E-state index in [0.29, 0.717) is 12.1 Å². The Labute approximate surface area is 127 Å². The number of nitrogens with zero attached hydrogens (tertiary/aromatic N) is 1. The highest BCUT2D eigenvalue weighted by Gasteiger charge is 2.24. The van der Waals surface area contributed by atoms with E-state index in [2.05, 4.69) is 5.32 Å². The minimum Gasteiger partial charge on any atom is -0.325 e. The lowest BCUT2D eigenvalue weighted by Gasteiger charge is -2.25. The first-order chi connectivity index (χ1) is 9.65. The topological polar surface area (TPSA) is 66.5 Å². The minimum atomic E-state index is -3.41. The molecule has 1 atom stereocenters. The first kappa shape index (κ1) is 17.7. The van der Waals surface area contributed by atoms with E-state index in [-0.39, 0.29) is 18.5 Å². The monoisotopic (exact) mass is 312 g/mol. The van der Waals surface area contributed by atoms with Gasteiger partial charge in [0.05, 0.1) is 12.8 Å². The molecule has 0 saturated carbocycles. The van der Waals surface area contributed by atoms with Crippen LogP contribution in [0.4, 0.5) is 5.69 Å². The normalized spacial score (nSPS) is 13.2. The Balaban J connectivity index is 2.84. The minimum absolute atomic E-state index is 0.166. The number of nitrogens with one attached hydrogen (secondary N) is 1. The summed E-state index contributed by atoms with van der Waals surface area (Å²) in [6.45, 7) is 7.41. The van der Waals surface area contributed by atoms with Crippen molar-refractivity contribution in [3.63, 3.8) is 0 Å². The number of hydrogen-bond acceptors (Lipinski definition) is 3. The molecule has 0 radical (unpaired) electrons. The van der Waals surface area contributed by atoms with Crippen LogP contribution < -0.4 is 5.32 Å². The number of amides is 1. The van der Waals surface area contributed by atoms with E-state index in [9.17, 15) is 13.2 Å². The molecule has 1 aromatic rings. The lowest BCUT2D eigenvalue weighted by molar-refractivity contribution is -0.116. The summed E-state index contributed by atoms with van der Waals surface area (Å²) in [6, 6.07) is 5.51. The Morgan fingerprint density at radius 3 is 2.43 bits per heavy atom. The molecule has 1 amide bonds. The highest BCUT2D eigenvalue weighted by atomic mass is 32.2. The molecule has 1 N–H and O–H groups in total. The number of sulfonamides is 1. The van der Waals surface area contributed by atoms with Crippen LogP contribution in [0.1, 0.15) is 31.4 Å². The quantitative estimate of drug-likeness (QED) is 0.876. The van der Waals surface area contributed by atoms with Crippen LogP contribution in [0.5, 0.6) is 0 Å². The second-order valence-electron chi connectivity index (χ2n) is 5.43. The number of aryl methyl sites for hydroxylation is 2. The zero-order chi connectivity index (χ0) is 16.2. The van der Waals surface area contributed by atoms with E-state index < -0.39 is 10.0 Å². The summed E-state index contributed by atoms with van der Waals surface area (Å²) in [5.74, 6) is -0.326. The van der Waals surface area contributed by atoms with Crippen LogP contribution in [0.2, 0.25) is 0 Å². The number of hydrogen-bond donors (Lipinski definition) is 1. The molecule has 0 saturated heterocycles. The Hall–Kier alpha value is -1.40. The average molecular weight is 312 g/mol. The molecule has 0 aliphatic heterocycles. The van der Waals surface area contributed by atoms with Crippen LogP contribution in [0, 0.1) is 13.8 Å². The smallest absolute Gasteiger partial charge is 0.239 e. The molecule has 0 aromatic heterocycles. The zero-order valence-electron chi connectivity index (χ0n) is 13.3. The third-order valence-corrected chi connectivity index (χ3v) is 4.80. The van der Waals surface area contributed by atoms with Crippen LogP contribution in [0.15, 0.2) is 18.2 Å². The van der Waals surface area contributed by atoms with E-state index >= 15 is 0 Å². The van der Waals surface area contributed by atoms with Gasteiger partial charge in [0.15, 0.2) is 0 Å². The third-order valence-electron chi connectivity index (χ3n) is 3.46. The Morgan fingerprint density at radius 2 is 1.95 bits per heavy atom. The summed E-state index contributed by atoms with van der Waals surface area (Å²) < 4.78 is 24.8. The third kappa shape index (κ3) is 5.13. The summed E-state index contributed by atoms with van der Waals surface area (Å²) in [5, 5.41) is 2.77. The fourth-order valence-electron chi connectivity index (χ4n) is 2.09. The Bertz CT molecular complexity index is 611. The second kappa shape index (κ2) is 7.04. The predicted octanol–water partition coefficient (Wildman–Crippen LogP) is 2.30. The van der Waals surface area contributed by atoms with Crippen molar-refractivity contribution in [1.82, 2.24) is 4.31 Å². The maximum absolute atomic E-state index is 12.1. The van der Waals surface area contributed by atoms with E-state index in [0.717, 1.165) is 17.4 Å². The van der Waals surface area contributed by atoms with Gasteiger partial charge < -0.3 is 5.32 Å². The van der Waals surface area contributed by atoms with Crippen LogP contribution in [-0.4, -0.2) is 37.5 Å². The van der Waals surface area contributed by atoms with Gasteiger partial charge >= 0.3 is 0 Å². The average Bonchev–Trinajstić information content (AvgIpc) is 2.37. The van der Waals surface area contributed by atoms with Crippen LogP contribution in [0.25, 0.3) is 0 Å². The summed E-state index contributed by atoms with van der Waals surface area (Å²) >= 11 is 0. The fraction of sp³-hybridized carbons (Fsp3) is 0.533. The molecular weight excluding hydrogens is 288 g/mol. The first-order valence-electron chi connectivity index (χ1n) is 6.99. The molecule has 0 spiro atoms. The molecule has 1 unspecified atom stereocenters. The van der Waals surface area contributed by atoms with Crippen molar-refractivity contribution in [2.24, 2.45) is 0 Å². The predicted molar refractivity (Wildman–Crippen MR) is 85.8 cm³/mol. The van der Waals surface area contributed by atoms with Gasteiger partial charge in [0.25, 0.3) is 0 Å². The SMILES string of the molecule is CCC(C)N(CC(=O)Nc1ccc(C)cc1C)S(C)(=O)=O. The molecule has 21 heavy (non-hydrogen) atoms. The lowest BCUT2D eigenvalue weighted by atomic mass is 10.1. The fourth-order valence-corrected chi connectivity index (χ4v) is 3.24. The molecule has 118 valence electrons. The van der Waals surface area contributed by atoms with Gasteiger partial charge in [-0.2, -0.15) is 4.31 Å². The van der Waals surface area contributed by atoms with Gasteiger partial charge in [-0.1, -0.05) is 24.6 Å². The largest absolute Gasteiger partial charge is 0.325 e. The number of carbonyl (C=O) groups is 1. The van der Waals surface area contributed by atoms with Gasteiger partial charge in [0.2, 0.25) is 15.9 Å². The number of carbonyl (C=O) groups excluding carboxylic acids is 1. The van der Waals surface area contributed by atoms with Gasteiger partial charge in [-0.25, -0.2) is 8.42 Å². The molecular formula is C15H24N2O3S. The van der Waals surface area contributed by atoms with Crippen molar-refractivity contribution in [2.75, 3.05) is 18.1 Å². The second-order valence-corrected chi connectivity index (χ2v) is 7.37. The standard InChI is InChI=1S/C15H24N2O3S/c1-6-13(4)17(21(5,19)20)10-15(18)16-14-8-7-11(2)9-12(14)3/h7-9,13H,6,10H2,1-5H3,(H,16,18). The summed E-state index contributed by atoms with van der Waals surface area (Å²) in [5.41, 5.74) is 2.78. The van der Waals surface area contributed by atoms with Crippen LogP contribution in [-0.2, 0) is 14.8 Å². The molecule has 0 aliphatic carbocycles. The molecule has 1 rings (SSSR count). The summed E-state index contributed by atoms with van der Waals surface area (Å²) in [4.78, 5) is 12.1. The molecule has 0 bridgehead atoms. The van der Waals surface area contributed by atoms with Crippen molar-refractivity contribution in [3.8, 4) is 0 Å². The number of benzene rings is 1. The van der Waals surface area contributed by atoms with Crippen molar-refractivity contribution in [2.45, 2.75) is 40.2 Å². The molecule has 0 aliphatic rings. The molecule has 6 heteroatoms. The summed E-state index contributed by atoms with van der Waals surface area (Å²) in [6.07, 6.45) is 1.79. The molecule has 5 nitrogen and oxygen atoms in total. The van der Waals surface area contributed by atoms with Crippen LogP contribution in [0.3, 0.4) is 0 Å². The molecule has 0 heterocycles. The maximum Gasteiger partial charge on any atom is 0.239 e. The van der Waals surface area contributed by atoms with E-state index in [1.54, 1.807) is 6.92 Å². The van der Waals surface area contributed by atoms with Gasteiger partial charge in [-0.3, -0.25) is 4.79 Å². The van der Waals surface area contributed by atoms with Crippen LogP contribution >= 0.6 is 0 Å². The van der Waals surface area contributed by atoms with E-state index in [1.807, 2.05) is 39.0 Å². The Morgan fingerprint density at radius 1 is 1.33 bits per heavy atom. The van der Waals surface area contributed by atoms with E-state index in [4.69, 9.17) is 0 Å². The highest BCUT2D eigenvalue weighted by Crippen LogP contribution is 2.16. The summed E-state index contributed by atoms with van der Waals surface area (Å²) in [7, 11) is -3.41. The van der Waals surface area contributed by atoms with Crippen molar-refractivity contribution in [3.05, 3.63) is 29.3 Å². The van der Waals surface area contributed by atoms with Gasteiger partial charge in [-0.05, 0) is 38.8 Å². The van der Waals surface area contributed by atoms with Gasteiger partial charge in [-0.15, -0.1) is 0 Å². The first-order valence-corrected chi connectivity index (χ1v) is 8.84. The highest BCUT2D eigenvalue weighted by molar-refractivity contribution is 7.88. The maximum atomic E-state index is 12.1. The molecule has 0 fully saturated rings. The number of rotatable bonds is 6. The van der Waals surface area contributed by atoms with E-state index in [1.165, 1.54) is 4.31 Å². The van der Waals surface area contributed by atoms with Crippen molar-refractivity contribution >= 4 is 21.6 Å². The lowest BCUT2D eigenvalue weighted by Crippen LogP contribution is -2.42. The van der Waals surface area contributed by atoms with Crippen molar-refractivity contribution in [1.29, 1.82) is 0 Å². The van der Waals surface area contributed by atoms with Crippen molar-refractivity contribution < 1.29 is 13.2 Å². The molecule has 1 aromatic carbocycles. The zero-order valence-corrected chi connectivity index (χ0v) is 14.1. The van der Waals surface area contributed by atoms with Gasteiger partial charge in [0, 0.05) is 11.7 Å².